The number of piperidine rings is 1. The number of nitrogens with one attached hydrogen (secondary N) is 1. The number of ether oxygens (including phenoxy) is 3. The zero-order chi connectivity index (χ0) is 32.9. The molecule has 5 rings (SSSR count). The van der Waals surface area contributed by atoms with E-state index in [1.54, 1.807) is 55.5 Å². The number of aryl methyl sites for hydroxylation is 1. The molecule has 1 aliphatic heterocycles. The van der Waals surface area contributed by atoms with Gasteiger partial charge < -0.3 is 24.4 Å². The molecule has 0 unspecified atom stereocenters. The maximum atomic E-state index is 14.9. The minimum Gasteiger partial charge on any atom is -0.489 e. The number of aromatic nitrogens is 6. The van der Waals surface area contributed by atoms with Crippen LogP contribution in [0.4, 0.5) is 30.6 Å². The van der Waals surface area contributed by atoms with Gasteiger partial charge >= 0.3 is 0 Å². The lowest BCUT2D eigenvalue weighted by Crippen LogP contribution is -2.39. The third-order valence-electron chi connectivity index (χ3n) is 7.61. The first-order chi connectivity index (χ1) is 21.9. The molecule has 1 saturated heterocycles. The van der Waals surface area contributed by atoms with Gasteiger partial charge in [-0.2, -0.15) is 9.37 Å². The van der Waals surface area contributed by atoms with Crippen LogP contribution in [-0.2, 0) is 23.3 Å². The number of halogens is 3. The first-order valence-electron chi connectivity index (χ1n) is 15.2. The first-order valence-corrected chi connectivity index (χ1v) is 19.0. The second kappa shape index (κ2) is 14.2. The minimum atomic E-state index is -2.62. The quantitative estimate of drug-likeness (QED) is 0.125. The number of pyridine rings is 1. The van der Waals surface area contributed by atoms with E-state index in [-0.39, 0.29) is 39.3 Å². The number of methoxy groups -OCH3 is 1. The number of alkyl halides is 2. The lowest BCUT2D eigenvalue weighted by molar-refractivity contribution is -0.0221. The molecule has 1 aromatic carbocycles. The second-order valence-electron chi connectivity index (χ2n) is 12.5. The van der Waals surface area contributed by atoms with Crippen molar-refractivity contribution in [3.05, 3.63) is 48.7 Å². The number of hydrogen-bond donors (Lipinski definition) is 1. The first kappa shape index (κ1) is 33.4. The largest absolute Gasteiger partial charge is 0.489 e. The molecule has 0 aliphatic carbocycles. The second-order valence-corrected chi connectivity index (χ2v) is 18.2. The van der Waals surface area contributed by atoms with Crippen molar-refractivity contribution in [1.29, 1.82) is 0 Å². The Hall–Kier alpha value is -3.95. The summed E-state index contributed by atoms with van der Waals surface area (Å²) in [4.78, 5) is 11.0. The summed E-state index contributed by atoms with van der Waals surface area (Å²) in [6.07, 6.45) is 2.90. The molecule has 4 aromatic rings. The van der Waals surface area contributed by atoms with Crippen LogP contribution in [-0.4, -0.2) is 83.5 Å². The van der Waals surface area contributed by atoms with Gasteiger partial charge in [0.1, 0.15) is 24.9 Å². The van der Waals surface area contributed by atoms with E-state index in [1.165, 1.54) is 4.68 Å². The predicted molar refractivity (Wildman–Crippen MR) is 173 cm³/mol. The maximum absolute atomic E-state index is 14.9. The summed E-state index contributed by atoms with van der Waals surface area (Å²) in [5.41, 5.74) is 2.19. The van der Waals surface area contributed by atoms with Crippen LogP contribution < -0.4 is 15.0 Å². The van der Waals surface area contributed by atoms with Crippen LogP contribution in [0.25, 0.3) is 22.5 Å². The summed E-state index contributed by atoms with van der Waals surface area (Å²) < 4.78 is 62.0. The van der Waals surface area contributed by atoms with E-state index in [9.17, 15) is 13.2 Å². The van der Waals surface area contributed by atoms with Crippen LogP contribution in [0.1, 0.15) is 12.8 Å². The molecule has 11 nitrogen and oxygen atoms in total. The highest BCUT2D eigenvalue weighted by Crippen LogP contribution is 2.34. The number of nitrogens with zero attached hydrogens (tertiary/aromatic N) is 7. The lowest BCUT2D eigenvalue weighted by atomic mass is 10.1. The molecule has 0 atom stereocenters. The molecule has 1 aliphatic rings. The van der Waals surface area contributed by atoms with Crippen molar-refractivity contribution in [3.63, 3.8) is 0 Å². The normalized spacial score (nSPS) is 14.9. The molecule has 0 radical (unpaired) electrons. The van der Waals surface area contributed by atoms with Gasteiger partial charge in [0.2, 0.25) is 11.9 Å². The van der Waals surface area contributed by atoms with Crippen molar-refractivity contribution in [1.82, 2.24) is 29.5 Å². The molecule has 1 fully saturated rings. The van der Waals surface area contributed by atoms with Gasteiger partial charge in [-0.25, -0.2) is 23.1 Å². The Bertz CT molecular complexity index is 1600. The number of hydrogen-bond acceptors (Lipinski definition) is 9. The molecular formula is C31H41F3N8O3Si. The smallest absolute Gasteiger partial charge is 0.251 e. The molecule has 15 heteroatoms. The summed E-state index contributed by atoms with van der Waals surface area (Å²) in [7, 11) is 2.11. The Morgan fingerprint density at radius 2 is 1.76 bits per heavy atom. The summed E-state index contributed by atoms with van der Waals surface area (Å²) in [6, 6.07) is 9.94. The third kappa shape index (κ3) is 8.64. The fraction of sp³-hybridized carbons (Fsp3) is 0.484. The van der Waals surface area contributed by atoms with E-state index in [0.29, 0.717) is 58.9 Å². The van der Waals surface area contributed by atoms with Gasteiger partial charge in [0.25, 0.3) is 5.92 Å². The molecule has 4 heterocycles. The lowest BCUT2D eigenvalue weighted by Gasteiger charge is -2.32. The van der Waals surface area contributed by atoms with Crippen molar-refractivity contribution in [2.75, 3.05) is 50.2 Å². The van der Waals surface area contributed by atoms with E-state index in [1.807, 2.05) is 11.0 Å². The minimum absolute atomic E-state index is 0.169. The van der Waals surface area contributed by atoms with Crippen LogP contribution in [0.15, 0.2) is 42.7 Å². The molecular weight excluding hydrogens is 617 g/mol. The van der Waals surface area contributed by atoms with Gasteiger partial charge in [0.05, 0.1) is 17.9 Å². The Morgan fingerprint density at radius 1 is 1.00 bits per heavy atom. The predicted octanol–water partition coefficient (Wildman–Crippen LogP) is 6.20. The highest BCUT2D eigenvalue weighted by atomic mass is 28.3. The third-order valence-corrected chi connectivity index (χ3v) is 9.31. The van der Waals surface area contributed by atoms with Crippen LogP contribution in [0.2, 0.25) is 25.7 Å². The van der Waals surface area contributed by atoms with Gasteiger partial charge in [0, 0.05) is 72.7 Å². The molecule has 3 aromatic heterocycles. The molecule has 0 saturated carbocycles. The number of benzene rings is 1. The monoisotopic (exact) mass is 658 g/mol. The van der Waals surface area contributed by atoms with E-state index >= 15 is 0 Å². The average Bonchev–Trinajstić information content (AvgIpc) is 3.57. The highest BCUT2D eigenvalue weighted by molar-refractivity contribution is 6.76. The Kier molecular flexibility index (Phi) is 10.3. The van der Waals surface area contributed by atoms with E-state index in [0.717, 1.165) is 6.04 Å². The van der Waals surface area contributed by atoms with Crippen molar-refractivity contribution >= 4 is 25.5 Å². The molecule has 0 amide bonds. The summed E-state index contributed by atoms with van der Waals surface area (Å²) in [5, 5.41) is 11.8. The van der Waals surface area contributed by atoms with E-state index < -0.39 is 19.9 Å². The molecule has 46 heavy (non-hydrogen) atoms. The van der Waals surface area contributed by atoms with Gasteiger partial charge in [-0.15, -0.1) is 10.2 Å². The summed E-state index contributed by atoms with van der Waals surface area (Å²) in [6.45, 7) is 8.76. The molecule has 0 spiro atoms. The maximum Gasteiger partial charge on any atom is 0.251 e. The number of rotatable bonds is 14. The van der Waals surface area contributed by atoms with E-state index in [4.69, 9.17) is 14.2 Å². The van der Waals surface area contributed by atoms with Crippen LogP contribution in [0.3, 0.4) is 0 Å². The Morgan fingerprint density at radius 3 is 2.46 bits per heavy atom. The zero-order valence-electron chi connectivity index (χ0n) is 26.9. The topological polar surface area (TPSA) is 104 Å². The van der Waals surface area contributed by atoms with Crippen LogP contribution in [0, 0.1) is 5.95 Å². The van der Waals surface area contributed by atoms with Crippen molar-refractivity contribution in [2.45, 2.75) is 51.2 Å². The fourth-order valence-corrected chi connectivity index (χ4v) is 5.60. The van der Waals surface area contributed by atoms with Crippen LogP contribution >= 0.6 is 0 Å². The summed E-state index contributed by atoms with van der Waals surface area (Å²) in [5.74, 6) is -1.23. The SMILES string of the molecule is COCCOc1cc(-c2cn(COCC[Si](C)(C)C)nc2F)ccc1Nc1nc(-c2ccc(N3CCC(F)(F)CC3)nc2)nn1C. The Balaban J connectivity index is 1.30. The molecule has 0 bridgehead atoms. The standard InChI is InChI=1S/C31H41F3N8O3Si/c1-40-30(37-29(39-40)23-7-9-27(35-19-23)41-12-10-31(33,34)11-13-41)36-25-8-6-22(18-26(25)45-15-14-43-2)24-20-42(38-28(24)32)21-44-16-17-46(3,4)5/h6-9,18-20H,10-17,21H2,1-5H3,(H,36,37,39). The van der Waals surface area contributed by atoms with Gasteiger partial charge in [-0.1, -0.05) is 25.7 Å². The van der Waals surface area contributed by atoms with Gasteiger partial charge in [-0.05, 0) is 35.9 Å². The summed E-state index contributed by atoms with van der Waals surface area (Å²) >= 11 is 0. The van der Waals surface area contributed by atoms with Crippen molar-refractivity contribution in [3.8, 4) is 28.3 Å². The molecule has 1 N–H and O–H groups in total. The average molecular weight is 659 g/mol. The highest BCUT2D eigenvalue weighted by Gasteiger charge is 2.34. The fourth-order valence-electron chi connectivity index (χ4n) is 4.85. The number of anilines is 3. The van der Waals surface area contributed by atoms with E-state index in [2.05, 4.69) is 45.1 Å². The molecule has 248 valence electrons. The zero-order valence-corrected chi connectivity index (χ0v) is 27.9. The Labute approximate surface area is 267 Å². The van der Waals surface area contributed by atoms with Crippen LogP contribution in [0.5, 0.6) is 5.75 Å². The van der Waals surface area contributed by atoms with Crippen molar-refractivity contribution < 1.29 is 27.4 Å². The van der Waals surface area contributed by atoms with Gasteiger partial charge in [0.15, 0.2) is 5.82 Å². The van der Waals surface area contributed by atoms with Gasteiger partial charge in [-0.3, -0.25) is 0 Å². The van der Waals surface area contributed by atoms with Crippen molar-refractivity contribution in [2.24, 2.45) is 7.05 Å².